The Morgan fingerprint density at radius 2 is 1.87 bits per heavy atom. The molecule has 0 aromatic heterocycles. The lowest BCUT2D eigenvalue weighted by atomic mass is 10.2. The molecule has 0 bridgehead atoms. The van der Waals surface area contributed by atoms with Crippen LogP contribution in [0.1, 0.15) is 5.56 Å². The third-order valence-electron chi connectivity index (χ3n) is 2.02. The zero-order valence-electron chi connectivity index (χ0n) is 7.34. The summed E-state index contributed by atoms with van der Waals surface area (Å²) in [5, 5.41) is 0. The first kappa shape index (κ1) is 8.54. The molecule has 0 aliphatic carbocycles. The fourth-order valence-corrected chi connectivity index (χ4v) is 2.03. The first-order valence-corrected chi connectivity index (χ1v) is 5.44. The average molecular weight is 227 g/mol. The van der Waals surface area contributed by atoms with Gasteiger partial charge in [-0.15, -0.1) is 4.40 Å². The molecule has 2 aliphatic heterocycles. The molecule has 0 radical (unpaired) electrons. The van der Waals surface area contributed by atoms with E-state index < -0.39 is 10.3 Å². The maximum atomic E-state index is 11.0. The van der Waals surface area contributed by atoms with Crippen LogP contribution in [-0.4, -0.2) is 21.4 Å². The van der Waals surface area contributed by atoms with Gasteiger partial charge < -0.3 is 13.7 Å². The maximum Gasteiger partial charge on any atom is 0.428 e. The molecule has 6 nitrogen and oxygen atoms in total. The van der Waals surface area contributed by atoms with E-state index in [0.717, 1.165) is 0 Å². The highest BCUT2D eigenvalue weighted by molar-refractivity contribution is 7.86. The van der Waals surface area contributed by atoms with Gasteiger partial charge in [-0.05, 0) is 6.07 Å². The smallest absolute Gasteiger partial charge is 0.428 e. The topological polar surface area (TPSA) is 74.2 Å². The van der Waals surface area contributed by atoms with E-state index in [0.29, 0.717) is 17.1 Å². The Bertz CT molecular complexity index is 563. The molecule has 7 heteroatoms. The van der Waals surface area contributed by atoms with Crippen molar-refractivity contribution in [2.45, 2.75) is 0 Å². The second-order valence-electron chi connectivity index (χ2n) is 2.99. The Labute approximate surface area is 85.4 Å². The van der Waals surface area contributed by atoms with E-state index in [-0.39, 0.29) is 12.5 Å². The van der Waals surface area contributed by atoms with Crippen LogP contribution in [0, 0.1) is 0 Å². The van der Waals surface area contributed by atoms with E-state index in [4.69, 9.17) is 9.47 Å². The number of ether oxygens (including phenoxy) is 2. The summed E-state index contributed by atoms with van der Waals surface area (Å²) in [5.74, 6) is 1.23. The van der Waals surface area contributed by atoms with Crippen LogP contribution in [0.2, 0.25) is 0 Å². The molecule has 1 aromatic rings. The fraction of sp³-hybridized carbons (Fsp3) is 0.125. The molecule has 2 heterocycles. The minimum Gasteiger partial charge on any atom is -0.454 e. The van der Waals surface area contributed by atoms with E-state index in [1.165, 1.54) is 12.3 Å². The van der Waals surface area contributed by atoms with Crippen LogP contribution in [0.15, 0.2) is 16.5 Å². The van der Waals surface area contributed by atoms with E-state index in [2.05, 4.69) is 8.58 Å². The summed E-state index contributed by atoms with van der Waals surface area (Å²) in [7, 11) is -3.84. The van der Waals surface area contributed by atoms with Crippen LogP contribution in [0.25, 0.3) is 0 Å². The molecule has 0 unspecified atom stereocenters. The first-order chi connectivity index (χ1) is 7.14. The van der Waals surface area contributed by atoms with Crippen molar-refractivity contribution in [1.82, 2.24) is 0 Å². The molecule has 0 N–H and O–H groups in total. The van der Waals surface area contributed by atoms with E-state index in [9.17, 15) is 8.42 Å². The molecular weight excluding hydrogens is 222 g/mol. The summed E-state index contributed by atoms with van der Waals surface area (Å²) in [6.07, 6.45) is 1.22. The third kappa shape index (κ3) is 1.32. The maximum absolute atomic E-state index is 11.0. The Morgan fingerprint density at radius 3 is 2.67 bits per heavy atom. The second kappa shape index (κ2) is 2.63. The number of hydrogen-bond donors (Lipinski definition) is 0. The molecule has 0 saturated carbocycles. The van der Waals surface area contributed by atoms with Crippen LogP contribution in [0.3, 0.4) is 0 Å². The lowest BCUT2D eigenvalue weighted by molar-refractivity contribution is 0.174. The average Bonchev–Trinajstić information content (AvgIpc) is 2.60. The van der Waals surface area contributed by atoms with Crippen LogP contribution in [-0.2, 0) is 10.3 Å². The quantitative estimate of drug-likeness (QED) is 0.644. The van der Waals surface area contributed by atoms with Crippen molar-refractivity contribution < 1.29 is 22.1 Å². The Balaban J connectivity index is 2.19. The predicted molar refractivity (Wildman–Crippen MR) is 49.7 cm³/mol. The predicted octanol–water partition coefficient (Wildman–Crippen LogP) is 0.471. The number of nitrogens with zero attached hydrogens (tertiary/aromatic N) is 1. The van der Waals surface area contributed by atoms with Crippen LogP contribution >= 0.6 is 0 Å². The Morgan fingerprint density at radius 1 is 1.13 bits per heavy atom. The molecule has 0 amide bonds. The number of benzene rings is 1. The standard InChI is InChI=1S/C8H5NO5S/c10-15(11)9-3-5-1-7-8(13-4-12-7)2-6(5)14-15/h1-3H,4H2. The highest BCUT2D eigenvalue weighted by atomic mass is 32.2. The van der Waals surface area contributed by atoms with E-state index in [1.807, 2.05) is 0 Å². The molecular formula is C8H5NO5S. The Hall–Kier alpha value is -1.76. The van der Waals surface area contributed by atoms with Crippen molar-refractivity contribution in [2.75, 3.05) is 6.79 Å². The van der Waals surface area contributed by atoms with Gasteiger partial charge in [-0.25, -0.2) is 0 Å². The summed E-state index contributed by atoms with van der Waals surface area (Å²) in [5.41, 5.74) is 0.550. The molecule has 15 heavy (non-hydrogen) atoms. The molecule has 0 saturated heterocycles. The molecule has 2 aliphatic rings. The van der Waals surface area contributed by atoms with Gasteiger partial charge in [0.2, 0.25) is 6.79 Å². The van der Waals surface area contributed by atoms with Gasteiger partial charge in [-0.1, -0.05) is 0 Å². The lowest BCUT2D eigenvalue weighted by Crippen LogP contribution is -2.11. The third-order valence-corrected chi connectivity index (χ3v) is 2.77. The molecule has 0 fully saturated rings. The van der Waals surface area contributed by atoms with Gasteiger partial charge in [0.25, 0.3) is 0 Å². The monoisotopic (exact) mass is 227 g/mol. The molecule has 78 valence electrons. The van der Waals surface area contributed by atoms with Crippen LogP contribution in [0.4, 0.5) is 0 Å². The SMILES string of the molecule is O=S1(=O)N=Cc2cc3c(cc2O1)OCO3. The molecule has 0 atom stereocenters. The Kier molecular flexibility index (Phi) is 1.50. The summed E-state index contributed by atoms with van der Waals surface area (Å²) >= 11 is 0. The lowest BCUT2D eigenvalue weighted by Gasteiger charge is -2.11. The number of rotatable bonds is 0. The highest BCUT2D eigenvalue weighted by Crippen LogP contribution is 2.39. The van der Waals surface area contributed by atoms with Gasteiger partial charge >= 0.3 is 10.3 Å². The van der Waals surface area contributed by atoms with Crippen LogP contribution in [0.5, 0.6) is 17.2 Å². The van der Waals surface area contributed by atoms with Gasteiger partial charge in [0.05, 0.1) is 6.21 Å². The van der Waals surface area contributed by atoms with Crippen molar-refractivity contribution in [3.05, 3.63) is 17.7 Å². The molecule has 3 rings (SSSR count). The highest BCUT2D eigenvalue weighted by Gasteiger charge is 2.23. The number of fused-ring (bicyclic) bond motifs is 2. The summed E-state index contributed by atoms with van der Waals surface area (Å²) < 4.78 is 40.2. The summed E-state index contributed by atoms with van der Waals surface area (Å²) in [6, 6.07) is 3.09. The minimum atomic E-state index is -3.84. The van der Waals surface area contributed by atoms with Crippen molar-refractivity contribution in [2.24, 2.45) is 4.40 Å². The van der Waals surface area contributed by atoms with Gasteiger partial charge in [0.1, 0.15) is 0 Å². The minimum absolute atomic E-state index is 0.127. The van der Waals surface area contributed by atoms with Crippen molar-refractivity contribution in [3.63, 3.8) is 0 Å². The second-order valence-corrected chi connectivity index (χ2v) is 4.22. The first-order valence-electron chi connectivity index (χ1n) is 4.07. The normalized spacial score (nSPS) is 19.5. The zero-order valence-corrected chi connectivity index (χ0v) is 8.15. The summed E-state index contributed by atoms with van der Waals surface area (Å²) in [4.78, 5) is 0. The number of hydrogen-bond acceptors (Lipinski definition) is 5. The van der Waals surface area contributed by atoms with Crippen molar-refractivity contribution in [3.8, 4) is 17.2 Å². The van der Waals surface area contributed by atoms with Crippen LogP contribution < -0.4 is 13.7 Å². The van der Waals surface area contributed by atoms with E-state index in [1.54, 1.807) is 6.07 Å². The van der Waals surface area contributed by atoms with Crippen molar-refractivity contribution in [1.29, 1.82) is 0 Å². The van der Waals surface area contributed by atoms with Gasteiger partial charge in [-0.3, -0.25) is 0 Å². The largest absolute Gasteiger partial charge is 0.454 e. The van der Waals surface area contributed by atoms with Gasteiger partial charge in [-0.2, -0.15) is 8.42 Å². The van der Waals surface area contributed by atoms with Gasteiger partial charge in [0.15, 0.2) is 17.2 Å². The van der Waals surface area contributed by atoms with Crippen molar-refractivity contribution >= 4 is 16.5 Å². The van der Waals surface area contributed by atoms with Gasteiger partial charge in [0, 0.05) is 11.6 Å². The summed E-state index contributed by atoms with van der Waals surface area (Å²) in [6.45, 7) is 0.127. The van der Waals surface area contributed by atoms with E-state index >= 15 is 0 Å². The fourth-order valence-electron chi connectivity index (χ4n) is 1.37. The zero-order chi connectivity index (χ0) is 10.5. The molecule has 0 spiro atoms. The molecule has 1 aromatic carbocycles.